The Hall–Kier alpha value is -3.27. The average molecular weight is 341 g/mol. The second kappa shape index (κ2) is 6.32. The first-order valence-corrected chi connectivity index (χ1v) is 7.53. The molecule has 1 aliphatic carbocycles. The molecule has 1 fully saturated rings. The fraction of sp³-hybridized carbons (Fsp3) is 0.167. The first-order valence-electron chi connectivity index (χ1n) is 7.53. The number of halogens is 2. The van der Waals surface area contributed by atoms with E-state index in [2.05, 4.69) is 10.6 Å². The van der Waals surface area contributed by atoms with Crippen LogP contribution in [0.15, 0.2) is 42.5 Å². The Labute approximate surface area is 142 Å². The van der Waals surface area contributed by atoms with E-state index < -0.39 is 28.9 Å². The van der Waals surface area contributed by atoms with Crippen LogP contribution < -0.4 is 10.6 Å². The van der Waals surface area contributed by atoms with Crippen LogP contribution in [0.1, 0.15) is 18.4 Å². The molecular formula is C18H13F2N3O2. The number of carbonyl (C=O) groups is 2. The molecule has 7 heteroatoms. The monoisotopic (exact) mass is 341 g/mol. The molecule has 0 aliphatic heterocycles. The molecular weight excluding hydrogens is 328 g/mol. The summed E-state index contributed by atoms with van der Waals surface area (Å²) in [6.45, 7) is 0. The van der Waals surface area contributed by atoms with Gasteiger partial charge in [0, 0.05) is 6.07 Å². The Bertz CT molecular complexity index is 901. The first-order chi connectivity index (χ1) is 12.0. The van der Waals surface area contributed by atoms with Crippen molar-refractivity contribution >= 4 is 23.2 Å². The lowest BCUT2D eigenvalue weighted by Gasteiger charge is -2.16. The molecule has 2 N–H and O–H groups in total. The number of para-hydroxylation sites is 1. The molecule has 25 heavy (non-hydrogen) atoms. The SMILES string of the molecule is N#Cc1ccccc1NC(=O)C1(C(=O)Nc2ccc(F)cc2F)CC1. The molecule has 1 aliphatic rings. The van der Waals surface area contributed by atoms with Crippen LogP contribution in [0, 0.1) is 28.4 Å². The fourth-order valence-electron chi connectivity index (χ4n) is 2.45. The van der Waals surface area contributed by atoms with Crippen molar-refractivity contribution in [3.05, 3.63) is 59.7 Å². The van der Waals surface area contributed by atoms with Crippen molar-refractivity contribution in [1.82, 2.24) is 0 Å². The Kier molecular flexibility index (Phi) is 4.19. The number of nitrogens with one attached hydrogen (secondary N) is 2. The van der Waals surface area contributed by atoms with Crippen molar-refractivity contribution in [2.75, 3.05) is 10.6 Å². The van der Waals surface area contributed by atoms with E-state index in [1.807, 2.05) is 6.07 Å². The van der Waals surface area contributed by atoms with Crippen molar-refractivity contribution in [2.24, 2.45) is 5.41 Å². The minimum Gasteiger partial charge on any atom is -0.324 e. The maximum Gasteiger partial charge on any atom is 0.240 e. The molecule has 0 heterocycles. The number of hydrogen-bond donors (Lipinski definition) is 2. The van der Waals surface area contributed by atoms with E-state index in [0.29, 0.717) is 24.6 Å². The van der Waals surface area contributed by atoms with E-state index in [0.717, 1.165) is 12.1 Å². The van der Waals surface area contributed by atoms with Crippen molar-refractivity contribution in [3.63, 3.8) is 0 Å². The van der Waals surface area contributed by atoms with Crippen LogP contribution in [-0.2, 0) is 9.59 Å². The summed E-state index contributed by atoms with van der Waals surface area (Å²) >= 11 is 0. The average Bonchev–Trinajstić information content (AvgIpc) is 3.40. The molecule has 0 spiro atoms. The quantitative estimate of drug-likeness (QED) is 0.838. The zero-order valence-corrected chi connectivity index (χ0v) is 13.0. The summed E-state index contributed by atoms with van der Waals surface area (Å²) in [5, 5.41) is 14.0. The summed E-state index contributed by atoms with van der Waals surface area (Å²) in [5.74, 6) is -2.90. The van der Waals surface area contributed by atoms with Crippen LogP contribution in [0.3, 0.4) is 0 Å². The standard InChI is InChI=1S/C18H13F2N3O2/c19-12-5-6-15(13(20)9-12)23-17(25)18(7-8-18)16(24)22-14-4-2-1-3-11(14)10-21/h1-6,9H,7-8H2,(H,22,24)(H,23,25). The minimum absolute atomic E-state index is 0.192. The number of rotatable bonds is 4. The van der Waals surface area contributed by atoms with Crippen LogP contribution in [0.2, 0.25) is 0 Å². The predicted molar refractivity (Wildman–Crippen MR) is 86.4 cm³/mol. The third kappa shape index (κ3) is 3.19. The predicted octanol–water partition coefficient (Wildman–Crippen LogP) is 3.19. The van der Waals surface area contributed by atoms with E-state index in [1.165, 1.54) is 0 Å². The van der Waals surface area contributed by atoms with E-state index in [9.17, 15) is 18.4 Å². The Balaban J connectivity index is 1.76. The Morgan fingerprint density at radius 3 is 2.24 bits per heavy atom. The highest BCUT2D eigenvalue weighted by molar-refractivity contribution is 6.17. The number of hydrogen-bond acceptors (Lipinski definition) is 3. The number of amides is 2. The summed E-state index contributed by atoms with van der Waals surface area (Å²) in [6.07, 6.45) is 0.615. The molecule has 2 amide bonds. The van der Waals surface area contributed by atoms with Gasteiger partial charge in [-0.3, -0.25) is 9.59 Å². The van der Waals surface area contributed by atoms with Gasteiger partial charge in [-0.25, -0.2) is 8.78 Å². The zero-order chi connectivity index (χ0) is 18.0. The van der Waals surface area contributed by atoms with Crippen molar-refractivity contribution in [3.8, 4) is 6.07 Å². The molecule has 1 saturated carbocycles. The number of anilines is 2. The van der Waals surface area contributed by atoms with Crippen LogP contribution in [0.5, 0.6) is 0 Å². The number of nitrogens with zero attached hydrogens (tertiary/aromatic N) is 1. The van der Waals surface area contributed by atoms with E-state index in [-0.39, 0.29) is 11.3 Å². The highest BCUT2D eigenvalue weighted by atomic mass is 19.1. The van der Waals surface area contributed by atoms with Gasteiger partial charge in [0.25, 0.3) is 0 Å². The summed E-state index contributed by atoms with van der Waals surface area (Å²) in [6, 6.07) is 11.1. The topological polar surface area (TPSA) is 82.0 Å². The molecule has 3 rings (SSSR count). The van der Waals surface area contributed by atoms with Gasteiger partial charge in [-0.2, -0.15) is 5.26 Å². The summed E-state index contributed by atoms with van der Waals surface area (Å²) in [5.41, 5.74) is -0.926. The molecule has 0 radical (unpaired) electrons. The molecule has 2 aromatic carbocycles. The molecule has 0 saturated heterocycles. The maximum atomic E-state index is 13.7. The Morgan fingerprint density at radius 1 is 1.00 bits per heavy atom. The highest BCUT2D eigenvalue weighted by Gasteiger charge is 2.56. The van der Waals surface area contributed by atoms with Gasteiger partial charge in [0.05, 0.1) is 16.9 Å². The molecule has 0 unspecified atom stereocenters. The Morgan fingerprint density at radius 2 is 1.64 bits per heavy atom. The zero-order valence-electron chi connectivity index (χ0n) is 13.0. The van der Waals surface area contributed by atoms with Gasteiger partial charge in [0.15, 0.2) is 0 Å². The van der Waals surface area contributed by atoms with Gasteiger partial charge in [0.1, 0.15) is 23.1 Å². The van der Waals surface area contributed by atoms with Crippen LogP contribution in [0.25, 0.3) is 0 Å². The largest absolute Gasteiger partial charge is 0.324 e. The third-order valence-corrected chi connectivity index (χ3v) is 4.09. The van der Waals surface area contributed by atoms with Crippen LogP contribution >= 0.6 is 0 Å². The molecule has 126 valence electrons. The number of benzene rings is 2. The van der Waals surface area contributed by atoms with Gasteiger partial charge >= 0.3 is 0 Å². The van der Waals surface area contributed by atoms with Gasteiger partial charge in [-0.05, 0) is 37.1 Å². The van der Waals surface area contributed by atoms with Gasteiger partial charge in [-0.1, -0.05) is 12.1 Å². The van der Waals surface area contributed by atoms with Crippen molar-refractivity contribution in [2.45, 2.75) is 12.8 Å². The fourth-order valence-corrected chi connectivity index (χ4v) is 2.45. The number of carbonyl (C=O) groups excluding carboxylic acids is 2. The van der Waals surface area contributed by atoms with Gasteiger partial charge in [0.2, 0.25) is 11.8 Å². The third-order valence-electron chi connectivity index (χ3n) is 4.09. The summed E-state index contributed by atoms with van der Waals surface area (Å²) in [4.78, 5) is 24.9. The van der Waals surface area contributed by atoms with E-state index in [4.69, 9.17) is 5.26 Å². The molecule has 2 aromatic rings. The smallest absolute Gasteiger partial charge is 0.240 e. The second-order valence-corrected chi connectivity index (χ2v) is 5.77. The van der Waals surface area contributed by atoms with Crippen molar-refractivity contribution < 1.29 is 18.4 Å². The molecule has 0 atom stereocenters. The second-order valence-electron chi connectivity index (χ2n) is 5.77. The lowest BCUT2D eigenvalue weighted by Crippen LogP contribution is -2.36. The highest BCUT2D eigenvalue weighted by Crippen LogP contribution is 2.47. The van der Waals surface area contributed by atoms with Crippen LogP contribution in [0.4, 0.5) is 20.2 Å². The lowest BCUT2D eigenvalue weighted by molar-refractivity contribution is -0.131. The first kappa shape index (κ1) is 16.6. The molecule has 0 aromatic heterocycles. The lowest BCUT2D eigenvalue weighted by atomic mass is 10.0. The normalized spacial score (nSPS) is 14.3. The van der Waals surface area contributed by atoms with Gasteiger partial charge in [-0.15, -0.1) is 0 Å². The van der Waals surface area contributed by atoms with E-state index >= 15 is 0 Å². The van der Waals surface area contributed by atoms with E-state index in [1.54, 1.807) is 24.3 Å². The summed E-state index contributed by atoms with van der Waals surface area (Å²) in [7, 11) is 0. The van der Waals surface area contributed by atoms with Gasteiger partial charge < -0.3 is 10.6 Å². The van der Waals surface area contributed by atoms with Crippen LogP contribution in [-0.4, -0.2) is 11.8 Å². The minimum atomic E-state index is -1.32. The molecule has 0 bridgehead atoms. The maximum absolute atomic E-state index is 13.7. The van der Waals surface area contributed by atoms with Crippen molar-refractivity contribution in [1.29, 1.82) is 5.26 Å². The molecule has 5 nitrogen and oxygen atoms in total. The number of nitriles is 1. The summed E-state index contributed by atoms with van der Waals surface area (Å²) < 4.78 is 26.6.